The topological polar surface area (TPSA) is 87.3 Å². The third-order valence-electron chi connectivity index (χ3n) is 3.90. The molecule has 1 fully saturated rings. The van der Waals surface area contributed by atoms with Crippen molar-refractivity contribution < 1.29 is 5.11 Å². The van der Waals surface area contributed by atoms with E-state index >= 15 is 0 Å². The molecule has 2 rings (SSSR count). The van der Waals surface area contributed by atoms with Crippen LogP contribution in [0.3, 0.4) is 0 Å². The van der Waals surface area contributed by atoms with Gasteiger partial charge in [-0.1, -0.05) is 13.3 Å². The summed E-state index contributed by atoms with van der Waals surface area (Å²) in [7, 11) is 0. The number of aliphatic hydroxyl groups excluding tert-OH is 1. The van der Waals surface area contributed by atoms with E-state index < -0.39 is 0 Å². The van der Waals surface area contributed by atoms with Crippen LogP contribution >= 0.6 is 0 Å². The van der Waals surface area contributed by atoms with E-state index in [0.717, 1.165) is 37.2 Å². The zero-order chi connectivity index (χ0) is 14.4. The Morgan fingerprint density at radius 3 is 2.80 bits per heavy atom. The van der Waals surface area contributed by atoms with Gasteiger partial charge in [0.05, 0.1) is 0 Å². The number of aromatic nitrogens is 2. The highest BCUT2D eigenvalue weighted by Crippen LogP contribution is 2.32. The van der Waals surface area contributed by atoms with Crippen LogP contribution in [0.2, 0.25) is 0 Å². The van der Waals surface area contributed by atoms with Crippen LogP contribution in [0, 0.1) is 0 Å². The SMILES string of the molecule is CCCc1c(NN)ncnc1N(CCCO)C1CCC1. The van der Waals surface area contributed by atoms with Crippen molar-refractivity contribution in [2.24, 2.45) is 5.84 Å². The number of nitrogens with two attached hydrogens (primary N) is 1. The van der Waals surface area contributed by atoms with Crippen molar-refractivity contribution in [2.45, 2.75) is 51.5 Å². The van der Waals surface area contributed by atoms with Gasteiger partial charge < -0.3 is 15.4 Å². The largest absolute Gasteiger partial charge is 0.396 e. The predicted octanol–water partition coefficient (Wildman–Crippen LogP) is 1.46. The highest BCUT2D eigenvalue weighted by atomic mass is 16.3. The summed E-state index contributed by atoms with van der Waals surface area (Å²) in [6.45, 7) is 3.18. The van der Waals surface area contributed by atoms with Gasteiger partial charge >= 0.3 is 0 Å². The van der Waals surface area contributed by atoms with Gasteiger partial charge in [0.2, 0.25) is 0 Å². The lowest BCUT2D eigenvalue weighted by Crippen LogP contribution is -2.42. The first-order chi connectivity index (χ1) is 9.81. The number of rotatable bonds is 8. The Morgan fingerprint density at radius 1 is 1.45 bits per heavy atom. The molecule has 4 N–H and O–H groups in total. The van der Waals surface area contributed by atoms with Crippen molar-refractivity contribution in [3.05, 3.63) is 11.9 Å². The second-order valence-electron chi connectivity index (χ2n) is 5.27. The quantitative estimate of drug-likeness (QED) is 0.493. The van der Waals surface area contributed by atoms with Gasteiger partial charge in [-0.05, 0) is 32.1 Å². The molecule has 0 spiro atoms. The molecule has 0 saturated heterocycles. The summed E-state index contributed by atoms with van der Waals surface area (Å²) < 4.78 is 0. The lowest BCUT2D eigenvalue weighted by molar-refractivity contribution is 0.282. The molecule has 0 aliphatic heterocycles. The van der Waals surface area contributed by atoms with E-state index in [0.29, 0.717) is 11.9 Å². The maximum absolute atomic E-state index is 9.12. The zero-order valence-corrected chi connectivity index (χ0v) is 12.2. The van der Waals surface area contributed by atoms with Crippen molar-refractivity contribution in [1.29, 1.82) is 0 Å². The fourth-order valence-electron chi connectivity index (χ4n) is 2.66. The number of hydrogen-bond acceptors (Lipinski definition) is 6. The summed E-state index contributed by atoms with van der Waals surface area (Å²) >= 11 is 0. The molecule has 1 heterocycles. The first-order valence-electron chi connectivity index (χ1n) is 7.49. The minimum absolute atomic E-state index is 0.208. The Bertz CT molecular complexity index is 422. The second-order valence-corrected chi connectivity index (χ2v) is 5.27. The van der Waals surface area contributed by atoms with E-state index in [-0.39, 0.29) is 6.61 Å². The van der Waals surface area contributed by atoms with Crippen LogP contribution in [0.25, 0.3) is 0 Å². The fourth-order valence-corrected chi connectivity index (χ4v) is 2.66. The van der Waals surface area contributed by atoms with Gasteiger partial charge in [0, 0.05) is 24.8 Å². The normalized spacial score (nSPS) is 14.9. The van der Waals surface area contributed by atoms with Gasteiger partial charge in [-0.2, -0.15) is 0 Å². The van der Waals surface area contributed by atoms with Gasteiger partial charge in [0.1, 0.15) is 18.0 Å². The van der Waals surface area contributed by atoms with Crippen LogP contribution < -0.4 is 16.2 Å². The maximum Gasteiger partial charge on any atom is 0.148 e. The monoisotopic (exact) mass is 279 g/mol. The van der Waals surface area contributed by atoms with Crippen LogP contribution in [0.5, 0.6) is 0 Å². The van der Waals surface area contributed by atoms with E-state index in [1.54, 1.807) is 6.33 Å². The molecule has 20 heavy (non-hydrogen) atoms. The molecule has 0 amide bonds. The lowest BCUT2D eigenvalue weighted by Gasteiger charge is -2.39. The molecule has 1 aromatic rings. The average Bonchev–Trinajstić information content (AvgIpc) is 2.42. The van der Waals surface area contributed by atoms with E-state index in [2.05, 4.69) is 27.2 Å². The minimum Gasteiger partial charge on any atom is -0.396 e. The van der Waals surface area contributed by atoms with Gasteiger partial charge in [-0.3, -0.25) is 0 Å². The molecular formula is C14H25N5O. The molecule has 1 aliphatic carbocycles. The zero-order valence-electron chi connectivity index (χ0n) is 12.2. The van der Waals surface area contributed by atoms with Crippen LogP contribution in [0.1, 0.15) is 44.6 Å². The molecule has 6 nitrogen and oxygen atoms in total. The van der Waals surface area contributed by atoms with Gasteiger partial charge in [0.25, 0.3) is 0 Å². The van der Waals surface area contributed by atoms with Crippen molar-refractivity contribution in [2.75, 3.05) is 23.5 Å². The average molecular weight is 279 g/mol. The Morgan fingerprint density at radius 2 is 2.25 bits per heavy atom. The molecule has 1 aliphatic rings. The summed E-state index contributed by atoms with van der Waals surface area (Å²) in [5.41, 5.74) is 3.77. The number of aliphatic hydroxyl groups is 1. The smallest absolute Gasteiger partial charge is 0.148 e. The Labute approximate surface area is 120 Å². The second kappa shape index (κ2) is 7.40. The molecule has 0 radical (unpaired) electrons. The third-order valence-corrected chi connectivity index (χ3v) is 3.90. The highest BCUT2D eigenvalue weighted by molar-refractivity contribution is 5.59. The first-order valence-corrected chi connectivity index (χ1v) is 7.49. The van der Waals surface area contributed by atoms with Gasteiger partial charge in [-0.15, -0.1) is 0 Å². The number of hydrogen-bond donors (Lipinski definition) is 3. The number of nitrogens with zero attached hydrogens (tertiary/aromatic N) is 3. The Balaban J connectivity index is 2.30. The number of anilines is 2. The third kappa shape index (κ3) is 3.19. The number of hydrazine groups is 1. The summed E-state index contributed by atoms with van der Waals surface area (Å²) in [6, 6.07) is 0.540. The Hall–Kier alpha value is -1.40. The molecule has 1 saturated carbocycles. The van der Waals surface area contributed by atoms with Crippen molar-refractivity contribution in [1.82, 2.24) is 9.97 Å². The molecule has 0 bridgehead atoms. The van der Waals surface area contributed by atoms with E-state index in [9.17, 15) is 0 Å². The summed E-state index contributed by atoms with van der Waals surface area (Å²) in [5.74, 6) is 7.27. The van der Waals surface area contributed by atoms with E-state index in [1.165, 1.54) is 19.3 Å². The van der Waals surface area contributed by atoms with Crippen molar-refractivity contribution in [3.8, 4) is 0 Å². The van der Waals surface area contributed by atoms with Gasteiger partial charge in [-0.25, -0.2) is 15.8 Å². The summed E-state index contributed by atoms with van der Waals surface area (Å²) in [5, 5.41) is 9.12. The molecule has 6 heteroatoms. The fraction of sp³-hybridized carbons (Fsp3) is 0.714. The molecule has 0 unspecified atom stereocenters. The number of nitrogen functional groups attached to an aromatic ring is 1. The maximum atomic E-state index is 9.12. The van der Waals surface area contributed by atoms with Crippen LogP contribution in [0.15, 0.2) is 6.33 Å². The lowest BCUT2D eigenvalue weighted by atomic mass is 9.91. The molecule has 0 atom stereocenters. The summed E-state index contributed by atoms with van der Waals surface area (Å²) in [4.78, 5) is 11.0. The van der Waals surface area contributed by atoms with Crippen LogP contribution in [0.4, 0.5) is 11.6 Å². The van der Waals surface area contributed by atoms with E-state index in [1.807, 2.05) is 0 Å². The molecule has 1 aromatic heterocycles. The first kappa shape index (κ1) is 15.0. The van der Waals surface area contributed by atoms with Crippen LogP contribution in [-0.2, 0) is 6.42 Å². The Kier molecular flexibility index (Phi) is 5.55. The summed E-state index contributed by atoms with van der Waals surface area (Å²) in [6.07, 6.45) is 7.92. The molecular weight excluding hydrogens is 254 g/mol. The van der Waals surface area contributed by atoms with Gasteiger partial charge in [0.15, 0.2) is 0 Å². The van der Waals surface area contributed by atoms with Crippen LogP contribution in [-0.4, -0.2) is 34.3 Å². The molecule has 112 valence electrons. The predicted molar refractivity (Wildman–Crippen MR) is 80.5 cm³/mol. The minimum atomic E-state index is 0.208. The molecule has 0 aromatic carbocycles. The van der Waals surface area contributed by atoms with E-state index in [4.69, 9.17) is 10.9 Å². The van der Waals surface area contributed by atoms with Crippen molar-refractivity contribution in [3.63, 3.8) is 0 Å². The van der Waals surface area contributed by atoms with Crippen molar-refractivity contribution >= 4 is 11.6 Å². The standard InChI is InChI=1S/C14H25N5O/c1-2-5-12-13(18-15)16-10-17-14(12)19(8-4-9-20)11-6-3-7-11/h10-11,20H,2-9,15H2,1H3,(H,16,17,18). The number of nitrogens with one attached hydrogen (secondary N) is 1. The highest BCUT2D eigenvalue weighted by Gasteiger charge is 2.28.